The molecule has 7 nitrogen and oxygen atoms in total. The average Bonchev–Trinajstić information content (AvgIpc) is 2.59. The van der Waals surface area contributed by atoms with Crippen LogP contribution in [0.4, 0.5) is 10.2 Å². The second-order valence-electron chi connectivity index (χ2n) is 5.15. The van der Waals surface area contributed by atoms with E-state index in [-0.39, 0.29) is 17.5 Å². The third kappa shape index (κ3) is 3.90. The second-order valence-corrected chi connectivity index (χ2v) is 5.15. The number of rotatable bonds is 2. The number of hydrogen-bond acceptors (Lipinski definition) is 6. The summed E-state index contributed by atoms with van der Waals surface area (Å²) < 4.78 is 14.1. The van der Waals surface area contributed by atoms with Gasteiger partial charge in [0.15, 0.2) is 5.82 Å². The van der Waals surface area contributed by atoms with E-state index in [1.807, 2.05) is 0 Å². The lowest BCUT2D eigenvalue weighted by molar-refractivity contribution is -0.122. The smallest absolute Gasteiger partial charge is 0.483 e. The van der Waals surface area contributed by atoms with Crippen LogP contribution in [0, 0.1) is 12.7 Å². The van der Waals surface area contributed by atoms with E-state index in [9.17, 15) is 14.4 Å². The Morgan fingerprint density at radius 2 is 1.80 bits per heavy atom. The van der Waals surface area contributed by atoms with Crippen LogP contribution in [0.25, 0.3) is 21.9 Å². The molecular formula is C16H15BFN3O4. The molecule has 0 fully saturated rings. The first-order valence-electron chi connectivity index (χ1n) is 7.15. The van der Waals surface area contributed by atoms with Crippen molar-refractivity contribution < 1.29 is 24.3 Å². The van der Waals surface area contributed by atoms with Crippen molar-refractivity contribution in [2.75, 3.05) is 5.73 Å². The summed E-state index contributed by atoms with van der Waals surface area (Å²) in [4.78, 5) is 8.36. The first kappa shape index (κ1) is 18.3. The van der Waals surface area contributed by atoms with Crippen molar-refractivity contribution in [3.8, 4) is 11.1 Å². The number of halogens is 1. The zero-order chi connectivity index (χ0) is 18.6. The fraction of sp³-hybridized carbons (Fsp3) is 0.0625. The van der Waals surface area contributed by atoms with E-state index >= 15 is 0 Å². The maximum Gasteiger partial charge on any atom is 0.488 e. The molecule has 0 saturated carbocycles. The summed E-state index contributed by atoms with van der Waals surface area (Å²) in [5.74, 6) is -0.136. The van der Waals surface area contributed by atoms with Crippen LogP contribution in [0.3, 0.4) is 0 Å². The van der Waals surface area contributed by atoms with Crippen LogP contribution in [0.2, 0.25) is 0 Å². The first-order valence-corrected chi connectivity index (χ1v) is 7.15. The van der Waals surface area contributed by atoms with Crippen LogP contribution < -0.4 is 11.2 Å². The number of benzene rings is 2. The maximum atomic E-state index is 14.1. The van der Waals surface area contributed by atoms with Crippen LogP contribution in [-0.2, 0) is 4.79 Å². The first-order chi connectivity index (χ1) is 11.9. The highest BCUT2D eigenvalue weighted by atomic mass is 19.1. The highest BCUT2D eigenvalue weighted by Gasteiger charge is 2.15. The van der Waals surface area contributed by atoms with Crippen molar-refractivity contribution in [2.24, 2.45) is 0 Å². The normalized spacial score (nSPS) is 10.1. The number of carbonyl (C=O) groups is 1. The fourth-order valence-electron chi connectivity index (χ4n) is 2.40. The molecule has 0 aliphatic carbocycles. The van der Waals surface area contributed by atoms with Gasteiger partial charge in [0.05, 0.1) is 5.69 Å². The van der Waals surface area contributed by atoms with Gasteiger partial charge >= 0.3 is 7.12 Å². The second kappa shape index (κ2) is 7.69. The minimum Gasteiger partial charge on any atom is -0.483 e. The summed E-state index contributed by atoms with van der Waals surface area (Å²) in [5.41, 5.74) is 7.58. The zero-order valence-electron chi connectivity index (χ0n) is 13.2. The van der Waals surface area contributed by atoms with Crippen LogP contribution in [0.15, 0.2) is 36.4 Å². The van der Waals surface area contributed by atoms with Gasteiger partial charge in [0, 0.05) is 16.3 Å². The SMILES string of the molecule is Cc1nnc(N)c2ccc(-c3cc(B(O)O)ccc3F)cc12.O=CO. The number of aryl methyl sites for hydroxylation is 1. The highest BCUT2D eigenvalue weighted by Crippen LogP contribution is 2.28. The van der Waals surface area contributed by atoms with Crippen molar-refractivity contribution in [2.45, 2.75) is 6.92 Å². The van der Waals surface area contributed by atoms with Crippen LogP contribution in [-0.4, -0.2) is 38.9 Å². The largest absolute Gasteiger partial charge is 0.488 e. The van der Waals surface area contributed by atoms with Crippen molar-refractivity contribution in [1.82, 2.24) is 10.2 Å². The van der Waals surface area contributed by atoms with E-state index in [0.29, 0.717) is 17.1 Å². The molecule has 3 rings (SSSR count). The van der Waals surface area contributed by atoms with Crippen molar-refractivity contribution in [1.29, 1.82) is 0 Å². The Hall–Kier alpha value is -3.04. The summed E-state index contributed by atoms with van der Waals surface area (Å²) in [7, 11) is -1.65. The molecule has 9 heteroatoms. The number of nitrogen functional groups attached to an aromatic ring is 1. The summed E-state index contributed by atoms with van der Waals surface area (Å²) in [5, 5.41) is 34.7. The molecule has 0 aliphatic heterocycles. The van der Waals surface area contributed by atoms with Gasteiger partial charge in [-0.15, -0.1) is 5.10 Å². The van der Waals surface area contributed by atoms with Crippen molar-refractivity contribution in [3.63, 3.8) is 0 Å². The molecule has 0 radical (unpaired) electrons. The molecule has 0 unspecified atom stereocenters. The molecule has 128 valence electrons. The minimum absolute atomic E-state index is 0.223. The van der Waals surface area contributed by atoms with Gasteiger partial charge < -0.3 is 20.9 Å². The summed E-state index contributed by atoms with van der Waals surface area (Å²) in [6.07, 6.45) is 0. The monoisotopic (exact) mass is 343 g/mol. The lowest BCUT2D eigenvalue weighted by Gasteiger charge is -2.09. The Kier molecular flexibility index (Phi) is 5.63. The zero-order valence-corrected chi connectivity index (χ0v) is 13.2. The third-order valence-corrected chi connectivity index (χ3v) is 3.59. The lowest BCUT2D eigenvalue weighted by atomic mass is 9.79. The number of fused-ring (bicyclic) bond motifs is 1. The molecule has 2 aromatic carbocycles. The molecule has 0 amide bonds. The summed E-state index contributed by atoms with van der Waals surface area (Å²) in [6, 6.07) is 9.19. The maximum absolute atomic E-state index is 14.1. The van der Waals surface area contributed by atoms with Gasteiger partial charge in [0.25, 0.3) is 6.47 Å². The molecule has 5 N–H and O–H groups in total. The van der Waals surface area contributed by atoms with Gasteiger partial charge in [-0.2, -0.15) is 5.10 Å². The molecule has 25 heavy (non-hydrogen) atoms. The van der Waals surface area contributed by atoms with E-state index in [1.54, 1.807) is 25.1 Å². The quantitative estimate of drug-likeness (QED) is 0.398. The average molecular weight is 343 g/mol. The van der Waals surface area contributed by atoms with Gasteiger partial charge in [-0.1, -0.05) is 18.2 Å². The van der Waals surface area contributed by atoms with E-state index in [2.05, 4.69) is 10.2 Å². The van der Waals surface area contributed by atoms with E-state index < -0.39 is 12.9 Å². The molecule has 1 aromatic heterocycles. The summed E-state index contributed by atoms with van der Waals surface area (Å²) >= 11 is 0. The van der Waals surface area contributed by atoms with Crippen LogP contribution >= 0.6 is 0 Å². The standard InChI is InChI=1S/C15H13BFN3O2.CH2O2/c1-8-12-6-9(2-4-11(12)15(18)20-19-8)13-7-10(16(21)22)3-5-14(13)17;2-1-3/h2-7,21-22H,1H3,(H2,18,20);1H,(H,2,3). The van der Waals surface area contributed by atoms with E-state index in [4.69, 9.17) is 15.6 Å². The molecule has 0 spiro atoms. The minimum atomic E-state index is -1.65. The Balaban J connectivity index is 0.000000701. The Morgan fingerprint density at radius 3 is 2.44 bits per heavy atom. The lowest BCUT2D eigenvalue weighted by Crippen LogP contribution is -2.29. The molecule has 0 atom stereocenters. The van der Waals surface area contributed by atoms with E-state index in [0.717, 1.165) is 10.8 Å². The number of carboxylic acid groups (broad SMARTS) is 1. The molecule has 0 bridgehead atoms. The Morgan fingerprint density at radius 1 is 1.12 bits per heavy atom. The van der Waals surface area contributed by atoms with Gasteiger partial charge in [-0.3, -0.25) is 4.79 Å². The van der Waals surface area contributed by atoms with E-state index in [1.165, 1.54) is 18.2 Å². The number of nitrogens with two attached hydrogens (primary N) is 1. The Labute approximate surface area is 142 Å². The Bertz CT molecular complexity index is 921. The topological polar surface area (TPSA) is 130 Å². The van der Waals surface area contributed by atoms with Gasteiger partial charge in [-0.25, -0.2) is 4.39 Å². The van der Waals surface area contributed by atoms with Crippen molar-refractivity contribution in [3.05, 3.63) is 47.9 Å². The van der Waals surface area contributed by atoms with Crippen LogP contribution in [0.1, 0.15) is 5.69 Å². The predicted molar refractivity (Wildman–Crippen MR) is 92.6 cm³/mol. The molecule has 0 aliphatic rings. The number of aromatic nitrogens is 2. The van der Waals surface area contributed by atoms with Gasteiger partial charge in [0.2, 0.25) is 0 Å². The van der Waals surface area contributed by atoms with Crippen LogP contribution in [0.5, 0.6) is 0 Å². The third-order valence-electron chi connectivity index (χ3n) is 3.59. The molecule has 1 heterocycles. The van der Waals surface area contributed by atoms with Gasteiger partial charge in [-0.05, 0) is 36.1 Å². The fourth-order valence-corrected chi connectivity index (χ4v) is 2.40. The molecular weight excluding hydrogens is 328 g/mol. The molecule has 0 saturated heterocycles. The highest BCUT2D eigenvalue weighted by molar-refractivity contribution is 6.58. The number of hydrogen-bond donors (Lipinski definition) is 4. The molecule has 3 aromatic rings. The van der Waals surface area contributed by atoms with Gasteiger partial charge in [0.1, 0.15) is 5.82 Å². The van der Waals surface area contributed by atoms with Crippen molar-refractivity contribution >= 4 is 35.6 Å². The summed E-state index contributed by atoms with van der Waals surface area (Å²) in [6.45, 7) is 1.54. The number of anilines is 1. The predicted octanol–water partition coefficient (Wildman–Crippen LogP) is 0.707. The number of nitrogens with zero attached hydrogens (tertiary/aromatic N) is 2.